The Hall–Kier alpha value is -1.14. The zero-order valence-corrected chi connectivity index (χ0v) is 52.0. The van der Waals surface area contributed by atoms with Crippen LogP contribution in [0.1, 0.15) is 412 Å². The average molecular weight is 1070 g/mol. The minimum atomic E-state index is -0.660. The molecule has 6 nitrogen and oxygen atoms in total. The van der Waals surface area contributed by atoms with Crippen LogP contribution in [-0.4, -0.2) is 47.4 Å². The van der Waals surface area contributed by atoms with Crippen LogP contribution < -0.4 is 5.32 Å². The highest BCUT2D eigenvalue weighted by molar-refractivity contribution is 5.76. The van der Waals surface area contributed by atoms with Crippen LogP contribution in [0, 0.1) is 0 Å². The molecule has 0 fully saturated rings. The molecule has 0 radical (unpaired) electrons. The lowest BCUT2D eigenvalue weighted by Crippen LogP contribution is -2.45. The predicted molar refractivity (Wildman–Crippen MR) is 334 cm³/mol. The first kappa shape index (κ1) is 74.9. The van der Waals surface area contributed by atoms with E-state index in [0.717, 1.165) is 38.5 Å². The first-order valence-electron chi connectivity index (χ1n) is 35.3. The van der Waals surface area contributed by atoms with E-state index in [2.05, 4.69) is 19.2 Å². The number of carbonyl (C=O) groups is 2. The highest BCUT2D eigenvalue weighted by Crippen LogP contribution is 2.20. The number of nitrogens with one attached hydrogen (secondary N) is 1. The van der Waals surface area contributed by atoms with Gasteiger partial charge in [0.05, 0.1) is 25.4 Å². The van der Waals surface area contributed by atoms with Crippen LogP contribution in [0.3, 0.4) is 0 Å². The van der Waals surface area contributed by atoms with E-state index < -0.39 is 12.1 Å². The number of carbonyl (C=O) groups excluding carboxylic acids is 2. The smallest absolute Gasteiger partial charge is 0.305 e. The molecule has 0 saturated carbocycles. The van der Waals surface area contributed by atoms with Gasteiger partial charge in [0.15, 0.2) is 0 Å². The van der Waals surface area contributed by atoms with E-state index in [1.807, 2.05) is 0 Å². The van der Waals surface area contributed by atoms with Crippen molar-refractivity contribution in [2.45, 2.75) is 424 Å². The molecule has 0 aliphatic heterocycles. The summed E-state index contributed by atoms with van der Waals surface area (Å²) in [5.74, 6) is -0.00468. The monoisotopic (exact) mass is 1070 g/mol. The molecular weight excluding hydrogens is 935 g/mol. The second kappa shape index (κ2) is 66.4. The number of hydrogen-bond acceptors (Lipinski definition) is 5. The van der Waals surface area contributed by atoms with E-state index in [0.29, 0.717) is 25.9 Å². The van der Waals surface area contributed by atoms with Crippen molar-refractivity contribution in [3.63, 3.8) is 0 Å². The Morgan fingerprint density at radius 3 is 0.803 bits per heavy atom. The third-order valence-electron chi connectivity index (χ3n) is 16.9. The van der Waals surface area contributed by atoms with E-state index in [9.17, 15) is 19.8 Å². The molecule has 0 spiro atoms. The topological polar surface area (TPSA) is 95.9 Å². The average Bonchev–Trinajstić information content (AvgIpc) is 3.42. The van der Waals surface area contributed by atoms with Gasteiger partial charge in [0.25, 0.3) is 0 Å². The van der Waals surface area contributed by atoms with E-state index in [4.69, 9.17) is 4.74 Å². The Balaban J connectivity index is 3.32. The SMILES string of the molecule is CCCCCCCCCCCCCCCCCCCC(O)C(CO)NC(=O)CCCCCCCCCCCCCCCCCCCCCCCCCCCCCCCCOC(=O)CCCCCCCCCCCCCC. The van der Waals surface area contributed by atoms with Gasteiger partial charge in [0, 0.05) is 12.8 Å². The van der Waals surface area contributed by atoms with Gasteiger partial charge in [0.1, 0.15) is 0 Å². The molecule has 454 valence electrons. The molecule has 0 aromatic carbocycles. The molecule has 6 heteroatoms. The quantitative estimate of drug-likeness (QED) is 0.0417. The summed E-state index contributed by atoms with van der Waals surface area (Å²) in [6.07, 6.45) is 80.1. The molecule has 0 aliphatic carbocycles. The van der Waals surface area contributed by atoms with Crippen LogP contribution in [0.5, 0.6) is 0 Å². The molecule has 2 unspecified atom stereocenters. The molecule has 2 atom stereocenters. The summed E-state index contributed by atoms with van der Waals surface area (Å²) in [5.41, 5.74) is 0. The van der Waals surface area contributed by atoms with Crippen molar-refractivity contribution in [3.8, 4) is 0 Å². The minimum absolute atomic E-state index is 0.0219. The zero-order chi connectivity index (χ0) is 55.0. The van der Waals surface area contributed by atoms with Crippen LogP contribution in [0.4, 0.5) is 0 Å². The lowest BCUT2D eigenvalue weighted by Gasteiger charge is -2.22. The van der Waals surface area contributed by atoms with Gasteiger partial charge in [-0.15, -0.1) is 0 Å². The third kappa shape index (κ3) is 62.1. The largest absolute Gasteiger partial charge is 0.466 e. The Bertz CT molecular complexity index is 1100. The molecule has 0 saturated heterocycles. The molecule has 76 heavy (non-hydrogen) atoms. The number of ether oxygens (including phenoxy) is 1. The number of unbranched alkanes of at least 4 members (excludes halogenated alkanes) is 56. The third-order valence-corrected chi connectivity index (χ3v) is 16.9. The van der Waals surface area contributed by atoms with Crippen molar-refractivity contribution in [3.05, 3.63) is 0 Å². The Morgan fingerprint density at radius 2 is 0.539 bits per heavy atom. The van der Waals surface area contributed by atoms with Crippen molar-refractivity contribution in [1.29, 1.82) is 0 Å². The second-order valence-corrected chi connectivity index (χ2v) is 24.6. The van der Waals surface area contributed by atoms with Gasteiger partial charge in [-0.3, -0.25) is 9.59 Å². The number of aliphatic hydroxyl groups is 2. The summed E-state index contributed by atoms with van der Waals surface area (Å²) >= 11 is 0. The zero-order valence-electron chi connectivity index (χ0n) is 52.0. The standard InChI is InChI=1S/C70H139NO5/c1-3-5-7-9-11-13-15-17-18-33-36-39-42-46-50-54-58-62-68(73)67(66-72)71-69(74)63-59-55-51-47-43-40-37-34-31-29-27-25-23-21-19-20-22-24-26-28-30-32-35-38-41-45-49-53-57-61-65-76-70(75)64-60-56-52-48-44-16-14-12-10-8-6-4-2/h67-68,72-73H,3-66H2,1-2H3,(H,71,74). The number of amides is 1. The van der Waals surface area contributed by atoms with Gasteiger partial charge in [-0.1, -0.05) is 373 Å². The van der Waals surface area contributed by atoms with Crippen LogP contribution in [0.15, 0.2) is 0 Å². The maximum Gasteiger partial charge on any atom is 0.305 e. The molecule has 0 aromatic rings. The fourth-order valence-electron chi connectivity index (χ4n) is 11.5. The maximum absolute atomic E-state index is 12.5. The van der Waals surface area contributed by atoms with E-state index in [1.165, 1.54) is 340 Å². The minimum Gasteiger partial charge on any atom is -0.466 e. The Morgan fingerprint density at radius 1 is 0.316 bits per heavy atom. The molecular formula is C70H139NO5. The first-order valence-corrected chi connectivity index (χ1v) is 35.3. The second-order valence-electron chi connectivity index (χ2n) is 24.6. The lowest BCUT2D eigenvalue weighted by molar-refractivity contribution is -0.143. The molecule has 0 aromatic heterocycles. The van der Waals surface area contributed by atoms with Gasteiger partial charge in [-0.05, 0) is 25.7 Å². The van der Waals surface area contributed by atoms with Gasteiger partial charge >= 0.3 is 5.97 Å². The number of hydrogen-bond donors (Lipinski definition) is 3. The van der Waals surface area contributed by atoms with Gasteiger partial charge in [-0.2, -0.15) is 0 Å². The molecule has 3 N–H and O–H groups in total. The van der Waals surface area contributed by atoms with Crippen molar-refractivity contribution >= 4 is 11.9 Å². The summed E-state index contributed by atoms with van der Waals surface area (Å²) in [6.45, 7) is 5.00. The fourth-order valence-corrected chi connectivity index (χ4v) is 11.5. The van der Waals surface area contributed by atoms with Gasteiger partial charge < -0.3 is 20.3 Å². The summed E-state index contributed by atoms with van der Waals surface area (Å²) in [4.78, 5) is 24.6. The highest BCUT2D eigenvalue weighted by Gasteiger charge is 2.20. The Labute approximate surface area is 476 Å². The first-order chi connectivity index (χ1) is 37.5. The Kier molecular flexibility index (Phi) is 65.4. The summed E-state index contributed by atoms with van der Waals surface area (Å²) in [5, 5.41) is 23.4. The number of esters is 1. The molecule has 0 aliphatic rings. The summed E-state index contributed by atoms with van der Waals surface area (Å²) < 4.78 is 5.48. The van der Waals surface area contributed by atoms with E-state index in [-0.39, 0.29) is 18.5 Å². The number of rotatable bonds is 67. The molecule has 0 bridgehead atoms. The predicted octanol–water partition coefficient (Wildman–Crippen LogP) is 22.6. The van der Waals surface area contributed by atoms with Gasteiger partial charge in [0.2, 0.25) is 5.91 Å². The molecule has 0 rings (SSSR count). The normalized spacial score (nSPS) is 12.4. The maximum atomic E-state index is 12.5. The summed E-state index contributed by atoms with van der Waals surface area (Å²) in [6, 6.07) is -0.537. The number of aliphatic hydroxyl groups excluding tert-OH is 2. The van der Waals surface area contributed by atoms with Crippen molar-refractivity contribution in [2.24, 2.45) is 0 Å². The summed E-state index contributed by atoms with van der Waals surface area (Å²) in [7, 11) is 0. The van der Waals surface area contributed by atoms with Crippen LogP contribution in [-0.2, 0) is 14.3 Å². The van der Waals surface area contributed by atoms with E-state index in [1.54, 1.807) is 0 Å². The van der Waals surface area contributed by atoms with Crippen molar-refractivity contribution < 1.29 is 24.5 Å². The molecule has 0 heterocycles. The molecule has 1 amide bonds. The lowest BCUT2D eigenvalue weighted by atomic mass is 10.0. The van der Waals surface area contributed by atoms with Crippen molar-refractivity contribution in [2.75, 3.05) is 13.2 Å². The highest BCUT2D eigenvalue weighted by atomic mass is 16.5. The fraction of sp³-hybridized carbons (Fsp3) is 0.971. The van der Waals surface area contributed by atoms with Crippen molar-refractivity contribution in [1.82, 2.24) is 5.32 Å². The van der Waals surface area contributed by atoms with Crippen LogP contribution >= 0.6 is 0 Å². The van der Waals surface area contributed by atoms with Crippen LogP contribution in [0.25, 0.3) is 0 Å². The van der Waals surface area contributed by atoms with Gasteiger partial charge in [-0.25, -0.2) is 0 Å². The van der Waals surface area contributed by atoms with E-state index >= 15 is 0 Å². The van der Waals surface area contributed by atoms with Crippen LogP contribution in [0.2, 0.25) is 0 Å².